The van der Waals surface area contributed by atoms with E-state index in [4.69, 9.17) is 21.7 Å². The average Bonchev–Trinajstić information content (AvgIpc) is 3.39. The summed E-state index contributed by atoms with van der Waals surface area (Å²) in [5, 5.41) is 0.481. The minimum atomic E-state index is -0.207. The fraction of sp³-hybridized carbons (Fsp3) is 0.222. The van der Waals surface area contributed by atoms with Gasteiger partial charge in [-0.05, 0) is 60.2 Å². The van der Waals surface area contributed by atoms with Crippen molar-refractivity contribution in [3.63, 3.8) is 0 Å². The number of hydrogen-bond donors (Lipinski definition) is 1. The number of para-hydroxylation sites is 1. The third-order valence-electron chi connectivity index (χ3n) is 6.69. The molecule has 4 aromatic rings. The molecule has 0 radical (unpaired) electrons. The van der Waals surface area contributed by atoms with Gasteiger partial charge in [-0.25, -0.2) is 0 Å². The predicted octanol–water partition coefficient (Wildman–Crippen LogP) is 3.80. The number of H-pyrrole nitrogens is 1. The summed E-state index contributed by atoms with van der Waals surface area (Å²) in [6.45, 7) is 3.32. The maximum absolute atomic E-state index is 13.3. The number of rotatable bonds is 4. The van der Waals surface area contributed by atoms with Gasteiger partial charge in [0.2, 0.25) is 6.79 Å². The first kappa shape index (κ1) is 22.4. The molecule has 0 bridgehead atoms. The Kier molecular flexibility index (Phi) is 5.69. The molecule has 1 saturated heterocycles. The minimum absolute atomic E-state index is 0.0477. The first-order valence-corrected chi connectivity index (χ1v) is 12.2. The maximum atomic E-state index is 13.3. The largest absolute Gasteiger partial charge is 0.454 e. The summed E-state index contributed by atoms with van der Waals surface area (Å²) < 4.78 is 12.6. The SMILES string of the molecule is O=C(c1ccc2c(=O)n(Cc3ccc4c(c3)OCO4)c(=S)[nH]c2c1)N1CCN(c2ccccc2)CC1. The van der Waals surface area contributed by atoms with Gasteiger partial charge in [-0.2, -0.15) is 0 Å². The normalized spacial score (nSPS) is 14.9. The summed E-state index contributed by atoms with van der Waals surface area (Å²) in [4.78, 5) is 33.8. The van der Waals surface area contributed by atoms with Crippen LogP contribution in [0.1, 0.15) is 15.9 Å². The Labute approximate surface area is 212 Å². The Balaban J connectivity index is 1.22. The number of carbonyl (C=O) groups excluding carboxylic acids is 1. The van der Waals surface area contributed by atoms with Gasteiger partial charge in [0.15, 0.2) is 16.3 Å². The number of aromatic nitrogens is 2. The summed E-state index contributed by atoms with van der Waals surface area (Å²) in [7, 11) is 0. The molecule has 3 aromatic carbocycles. The lowest BCUT2D eigenvalue weighted by molar-refractivity contribution is 0.0747. The third kappa shape index (κ3) is 4.11. The number of fused-ring (bicyclic) bond motifs is 2. The summed E-state index contributed by atoms with van der Waals surface area (Å²) in [5.74, 6) is 1.30. The number of carbonyl (C=O) groups is 1. The number of nitrogens with zero attached hydrogens (tertiary/aromatic N) is 3. The molecule has 0 saturated carbocycles. The number of aromatic amines is 1. The highest BCUT2D eigenvalue weighted by molar-refractivity contribution is 7.71. The van der Waals surface area contributed by atoms with Crippen molar-refractivity contribution in [1.29, 1.82) is 0 Å². The fourth-order valence-electron chi connectivity index (χ4n) is 4.74. The maximum Gasteiger partial charge on any atom is 0.262 e. The van der Waals surface area contributed by atoms with Crippen LogP contribution in [0.2, 0.25) is 0 Å². The number of nitrogens with one attached hydrogen (secondary N) is 1. The molecule has 8 nitrogen and oxygen atoms in total. The molecule has 36 heavy (non-hydrogen) atoms. The van der Waals surface area contributed by atoms with Crippen molar-refractivity contribution in [3.05, 3.63) is 93.0 Å². The molecular formula is C27H24N4O4S. The zero-order valence-corrected chi connectivity index (χ0v) is 20.3. The van der Waals surface area contributed by atoms with E-state index in [1.54, 1.807) is 18.2 Å². The lowest BCUT2D eigenvalue weighted by atomic mass is 10.1. The van der Waals surface area contributed by atoms with Crippen molar-refractivity contribution in [1.82, 2.24) is 14.5 Å². The molecular weight excluding hydrogens is 476 g/mol. The van der Waals surface area contributed by atoms with Crippen LogP contribution >= 0.6 is 12.2 Å². The van der Waals surface area contributed by atoms with Crippen LogP contribution < -0.4 is 19.9 Å². The van der Waals surface area contributed by atoms with Crippen LogP contribution in [0.4, 0.5) is 5.69 Å². The zero-order valence-electron chi connectivity index (χ0n) is 19.5. The van der Waals surface area contributed by atoms with E-state index < -0.39 is 0 Å². The van der Waals surface area contributed by atoms with E-state index in [1.165, 1.54) is 10.3 Å². The minimum Gasteiger partial charge on any atom is -0.454 e. The van der Waals surface area contributed by atoms with Crippen LogP contribution in [-0.4, -0.2) is 53.3 Å². The van der Waals surface area contributed by atoms with Gasteiger partial charge in [0.1, 0.15) is 0 Å². The monoisotopic (exact) mass is 500 g/mol. The van der Waals surface area contributed by atoms with Crippen molar-refractivity contribution < 1.29 is 14.3 Å². The number of piperazine rings is 1. The van der Waals surface area contributed by atoms with Gasteiger partial charge in [-0.15, -0.1) is 0 Å². The van der Waals surface area contributed by atoms with Gasteiger partial charge in [-0.3, -0.25) is 14.2 Å². The molecule has 3 heterocycles. The van der Waals surface area contributed by atoms with Gasteiger partial charge in [0.25, 0.3) is 11.5 Å². The lowest BCUT2D eigenvalue weighted by Gasteiger charge is -2.36. The Morgan fingerprint density at radius 1 is 0.917 bits per heavy atom. The van der Waals surface area contributed by atoms with Crippen molar-refractivity contribution in [2.45, 2.75) is 6.54 Å². The van der Waals surface area contributed by atoms with E-state index in [9.17, 15) is 9.59 Å². The van der Waals surface area contributed by atoms with Gasteiger partial charge >= 0.3 is 0 Å². The molecule has 1 N–H and O–H groups in total. The topological polar surface area (TPSA) is 79.8 Å². The molecule has 2 aliphatic rings. The average molecular weight is 501 g/mol. The van der Waals surface area contributed by atoms with Gasteiger partial charge in [0.05, 0.1) is 17.4 Å². The second-order valence-electron chi connectivity index (χ2n) is 8.88. The highest BCUT2D eigenvalue weighted by Crippen LogP contribution is 2.32. The smallest absolute Gasteiger partial charge is 0.262 e. The standard InChI is InChI=1S/C27H24N4O4S/c32-25(30-12-10-29(11-13-30)20-4-2-1-3-5-20)19-7-8-21-22(15-19)28-27(36)31(26(21)33)16-18-6-9-23-24(14-18)35-17-34-23/h1-9,14-15H,10-13,16-17H2,(H,28,36). The van der Waals surface area contributed by atoms with E-state index in [0.717, 1.165) is 18.7 Å². The number of amides is 1. The predicted molar refractivity (Wildman–Crippen MR) is 140 cm³/mol. The molecule has 2 aliphatic heterocycles. The lowest BCUT2D eigenvalue weighted by Crippen LogP contribution is -2.48. The molecule has 9 heteroatoms. The van der Waals surface area contributed by atoms with Crippen molar-refractivity contribution >= 4 is 34.7 Å². The van der Waals surface area contributed by atoms with E-state index in [0.29, 0.717) is 52.4 Å². The van der Waals surface area contributed by atoms with E-state index in [2.05, 4.69) is 22.0 Å². The Morgan fingerprint density at radius 3 is 2.50 bits per heavy atom. The fourth-order valence-corrected chi connectivity index (χ4v) is 5.00. The van der Waals surface area contributed by atoms with E-state index in [1.807, 2.05) is 41.3 Å². The number of benzene rings is 3. The van der Waals surface area contributed by atoms with E-state index in [-0.39, 0.29) is 18.3 Å². The summed E-state index contributed by atoms with van der Waals surface area (Å²) in [6.07, 6.45) is 0. The van der Waals surface area contributed by atoms with Crippen LogP contribution in [-0.2, 0) is 6.54 Å². The summed E-state index contributed by atoms with van der Waals surface area (Å²) >= 11 is 5.51. The van der Waals surface area contributed by atoms with Crippen LogP contribution in [0.15, 0.2) is 71.5 Å². The Morgan fingerprint density at radius 2 is 1.69 bits per heavy atom. The molecule has 0 spiro atoms. The summed E-state index contributed by atoms with van der Waals surface area (Å²) in [5.41, 5.74) is 2.93. The second kappa shape index (κ2) is 9.16. The Hall–Kier alpha value is -4.11. The molecule has 0 unspecified atom stereocenters. The molecule has 182 valence electrons. The molecule has 1 amide bonds. The van der Waals surface area contributed by atoms with Crippen molar-refractivity contribution in [3.8, 4) is 11.5 Å². The molecule has 0 atom stereocenters. The molecule has 6 rings (SSSR count). The van der Waals surface area contributed by atoms with Gasteiger partial charge in [-0.1, -0.05) is 24.3 Å². The van der Waals surface area contributed by atoms with Crippen LogP contribution in [0.3, 0.4) is 0 Å². The highest BCUT2D eigenvalue weighted by Gasteiger charge is 2.23. The molecule has 0 aliphatic carbocycles. The second-order valence-corrected chi connectivity index (χ2v) is 9.27. The zero-order chi connectivity index (χ0) is 24.6. The number of hydrogen-bond acceptors (Lipinski definition) is 6. The van der Waals surface area contributed by atoms with Crippen molar-refractivity contribution in [2.24, 2.45) is 0 Å². The van der Waals surface area contributed by atoms with Crippen LogP contribution in [0, 0.1) is 4.77 Å². The van der Waals surface area contributed by atoms with Crippen LogP contribution in [0.5, 0.6) is 11.5 Å². The molecule has 1 fully saturated rings. The first-order chi connectivity index (χ1) is 17.6. The quantitative estimate of drug-likeness (QED) is 0.430. The van der Waals surface area contributed by atoms with Crippen LogP contribution in [0.25, 0.3) is 10.9 Å². The Bertz CT molecular complexity index is 1570. The van der Waals surface area contributed by atoms with E-state index >= 15 is 0 Å². The molecule has 1 aromatic heterocycles. The van der Waals surface area contributed by atoms with Gasteiger partial charge < -0.3 is 24.3 Å². The van der Waals surface area contributed by atoms with Crippen molar-refractivity contribution in [2.75, 3.05) is 37.9 Å². The highest BCUT2D eigenvalue weighted by atomic mass is 32.1. The first-order valence-electron chi connectivity index (χ1n) is 11.8. The number of anilines is 1. The van der Waals surface area contributed by atoms with Gasteiger partial charge in [0, 0.05) is 37.4 Å². The third-order valence-corrected chi connectivity index (χ3v) is 7.02. The summed E-state index contributed by atoms with van der Waals surface area (Å²) in [6, 6.07) is 20.9. The number of ether oxygens (including phenoxy) is 2.